The van der Waals surface area contributed by atoms with E-state index in [0.29, 0.717) is 9.88 Å². The normalized spacial score (nSPS) is 10.2. The molecule has 0 unspecified atom stereocenters. The maximum absolute atomic E-state index is 11.8. The number of furan rings is 1. The molecule has 0 saturated heterocycles. The lowest BCUT2D eigenvalue weighted by Crippen LogP contribution is -2.24. The second-order valence-corrected chi connectivity index (χ2v) is 4.66. The number of thiophene rings is 1. The van der Waals surface area contributed by atoms with Gasteiger partial charge in [-0.3, -0.25) is 14.4 Å². The maximum atomic E-state index is 11.8. The largest absolute Gasteiger partial charge is 0.459 e. The first-order valence-electron chi connectivity index (χ1n) is 5.38. The third-order valence-electron chi connectivity index (χ3n) is 2.36. The Bertz CT molecular complexity index is 576. The Morgan fingerprint density at radius 2 is 2.16 bits per heavy atom. The monoisotopic (exact) mass is 280 g/mol. The quantitative estimate of drug-likeness (QED) is 0.872. The number of rotatable bonds is 4. The van der Waals surface area contributed by atoms with Gasteiger partial charge >= 0.3 is 0 Å². The summed E-state index contributed by atoms with van der Waals surface area (Å²) in [7, 11) is 2.92. The number of carbonyl (C=O) groups excluding carboxylic acids is 2. The Labute approximate surface area is 113 Å². The van der Waals surface area contributed by atoms with Crippen molar-refractivity contribution in [2.75, 3.05) is 19.5 Å². The van der Waals surface area contributed by atoms with E-state index >= 15 is 0 Å². The van der Waals surface area contributed by atoms with E-state index in [9.17, 15) is 9.59 Å². The molecule has 0 aliphatic rings. The molecule has 0 radical (unpaired) electrons. The van der Waals surface area contributed by atoms with Crippen LogP contribution in [-0.4, -0.2) is 31.0 Å². The van der Waals surface area contributed by atoms with Crippen molar-refractivity contribution >= 4 is 28.2 Å². The number of nitrogens with one attached hydrogen (secondary N) is 1. The van der Waals surface area contributed by atoms with Crippen LogP contribution in [0.4, 0.5) is 5.00 Å². The summed E-state index contributed by atoms with van der Waals surface area (Å²) in [6.45, 7) is 0. The summed E-state index contributed by atoms with van der Waals surface area (Å²) < 4.78 is 4.97. The van der Waals surface area contributed by atoms with E-state index in [-0.39, 0.29) is 17.6 Å². The minimum absolute atomic E-state index is 0.218. The van der Waals surface area contributed by atoms with E-state index in [0.717, 1.165) is 5.06 Å². The Balaban J connectivity index is 2.06. The number of nitrogens with zero attached hydrogens (tertiary/aromatic N) is 1. The lowest BCUT2D eigenvalue weighted by molar-refractivity contribution is -0.0753. The highest BCUT2D eigenvalue weighted by Crippen LogP contribution is 2.23. The second kappa shape index (κ2) is 5.68. The van der Waals surface area contributed by atoms with E-state index in [2.05, 4.69) is 5.32 Å². The molecule has 0 spiro atoms. The molecule has 2 heterocycles. The van der Waals surface area contributed by atoms with Crippen LogP contribution in [0.5, 0.6) is 0 Å². The average molecular weight is 280 g/mol. The van der Waals surface area contributed by atoms with E-state index in [1.807, 2.05) is 0 Å². The van der Waals surface area contributed by atoms with Crippen molar-refractivity contribution in [3.8, 4) is 0 Å². The molecule has 2 aromatic rings. The van der Waals surface area contributed by atoms with E-state index in [1.54, 1.807) is 24.3 Å². The van der Waals surface area contributed by atoms with Gasteiger partial charge in [-0.05, 0) is 24.3 Å². The lowest BCUT2D eigenvalue weighted by Gasteiger charge is -2.11. The van der Waals surface area contributed by atoms with Gasteiger partial charge in [-0.15, -0.1) is 11.3 Å². The fourth-order valence-corrected chi connectivity index (χ4v) is 2.21. The summed E-state index contributed by atoms with van der Waals surface area (Å²) in [6, 6.07) is 6.47. The number of hydroxylamine groups is 2. The molecule has 0 saturated carbocycles. The van der Waals surface area contributed by atoms with E-state index in [1.165, 1.54) is 31.8 Å². The highest BCUT2D eigenvalue weighted by atomic mass is 32.1. The first-order valence-corrected chi connectivity index (χ1v) is 6.20. The van der Waals surface area contributed by atoms with E-state index in [4.69, 9.17) is 9.25 Å². The second-order valence-electron chi connectivity index (χ2n) is 3.58. The third-order valence-corrected chi connectivity index (χ3v) is 3.35. The number of amides is 2. The van der Waals surface area contributed by atoms with Crippen LogP contribution in [0.25, 0.3) is 0 Å². The van der Waals surface area contributed by atoms with Gasteiger partial charge in [-0.2, -0.15) is 0 Å². The highest BCUT2D eigenvalue weighted by molar-refractivity contribution is 7.18. The number of carbonyl (C=O) groups is 2. The summed E-state index contributed by atoms with van der Waals surface area (Å²) in [5.74, 6) is -0.410. The first kappa shape index (κ1) is 13.3. The molecule has 6 nitrogen and oxygen atoms in total. The van der Waals surface area contributed by atoms with E-state index < -0.39 is 0 Å². The molecule has 1 N–H and O–H groups in total. The first-order chi connectivity index (χ1) is 9.11. The predicted octanol–water partition coefficient (Wildman–Crippen LogP) is 2.23. The smallest absolute Gasteiger partial charge is 0.291 e. The van der Waals surface area contributed by atoms with Crippen molar-refractivity contribution in [1.29, 1.82) is 0 Å². The van der Waals surface area contributed by atoms with Crippen LogP contribution < -0.4 is 5.32 Å². The van der Waals surface area contributed by atoms with Crippen molar-refractivity contribution in [3.63, 3.8) is 0 Å². The van der Waals surface area contributed by atoms with Gasteiger partial charge in [-0.25, -0.2) is 5.06 Å². The standard InChI is InChI=1S/C12H12N2O4S/c1-14(17-2)12(16)9-5-6-10(19-9)13-11(15)8-4-3-7-18-8/h3-7H,1-2H3,(H,13,15). The zero-order chi connectivity index (χ0) is 13.8. The molecule has 2 amide bonds. The van der Waals surface area contributed by atoms with Gasteiger partial charge in [-0.1, -0.05) is 0 Å². The zero-order valence-electron chi connectivity index (χ0n) is 10.4. The molecule has 0 fully saturated rings. The van der Waals surface area contributed by atoms with Crippen LogP contribution in [0.2, 0.25) is 0 Å². The minimum Gasteiger partial charge on any atom is -0.459 e. The molecular weight excluding hydrogens is 268 g/mol. The highest BCUT2D eigenvalue weighted by Gasteiger charge is 2.16. The fraction of sp³-hybridized carbons (Fsp3) is 0.167. The third kappa shape index (κ3) is 3.01. The molecule has 2 aromatic heterocycles. The molecule has 100 valence electrons. The lowest BCUT2D eigenvalue weighted by atomic mass is 10.4. The summed E-state index contributed by atoms with van der Waals surface area (Å²) in [4.78, 5) is 28.8. The summed E-state index contributed by atoms with van der Waals surface area (Å²) in [5.41, 5.74) is 0. The van der Waals surface area contributed by atoms with Crippen LogP contribution in [-0.2, 0) is 4.84 Å². The van der Waals surface area contributed by atoms with Gasteiger partial charge in [0.2, 0.25) is 0 Å². The molecule has 7 heteroatoms. The molecule has 0 bridgehead atoms. The molecule has 0 aliphatic heterocycles. The van der Waals surface area contributed by atoms with Gasteiger partial charge in [0.1, 0.15) is 0 Å². The number of hydrogen-bond acceptors (Lipinski definition) is 5. The van der Waals surface area contributed by atoms with Gasteiger partial charge in [0, 0.05) is 7.05 Å². The average Bonchev–Trinajstić information content (AvgIpc) is 3.07. The van der Waals surface area contributed by atoms with Crippen LogP contribution in [0, 0.1) is 0 Å². The SMILES string of the molecule is CON(C)C(=O)c1ccc(NC(=O)c2ccco2)s1. The van der Waals surface area contributed by atoms with Gasteiger partial charge in [0.05, 0.1) is 23.3 Å². The number of anilines is 1. The van der Waals surface area contributed by atoms with Crippen LogP contribution >= 0.6 is 11.3 Å². The fourth-order valence-electron chi connectivity index (χ4n) is 1.34. The topological polar surface area (TPSA) is 71.8 Å². The molecule has 0 atom stereocenters. The summed E-state index contributed by atoms with van der Waals surface area (Å²) >= 11 is 1.17. The van der Waals surface area contributed by atoms with Crippen LogP contribution in [0.3, 0.4) is 0 Å². The molecular formula is C12H12N2O4S. The van der Waals surface area contributed by atoms with Gasteiger partial charge < -0.3 is 9.73 Å². The Hall–Kier alpha value is -2.12. The van der Waals surface area contributed by atoms with Crippen molar-refractivity contribution < 1.29 is 18.8 Å². The minimum atomic E-state index is -0.356. The number of hydrogen-bond donors (Lipinski definition) is 1. The zero-order valence-corrected chi connectivity index (χ0v) is 11.2. The Kier molecular flexibility index (Phi) is 3.98. The Morgan fingerprint density at radius 1 is 1.37 bits per heavy atom. The van der Waals surface area contributed by atoms with Crippen molar-refractivity contribution in [3.05, 3.63) is 41.2 Å². The molecule has 0 aromatic carbocycles. The summed E-state index contributed by atoms with van der Waals surface area (Å²) in [6.07, 6.45) is 1.42. The Morgan fingerprint density at radius 3 is 2.79 bits per heavy atom. The predicted molar refractivity (Wildman–Crippen MR) is 70.1 cm³/mol. The van der Waals surface area contributed by atoms with Crippen molar-refractivity contribution in [1.82, 2.24) is 5.06 Å². The molecule has 2 rings (SSSR count). The van der Waals surface area contributed by atoms with Crippen LogP contribution in [0.15, 0.2) is 34.9 Å². The van der Waals surface area contributed by atoms with Crippen molar-refractivity contribution in [2.24, 2.45) is 0 Å². The molecule has 0 aliphatic carbocycles. The van der Waals surface area contributed by atoms with Crippen molar-refractivity contribution in [2.45, 2.75) is 0 Å². The van der Waals surface area contributed by atoms with Crippen LogP contribution in [0.1, 0.15) is 20.2 Å². The maximum Gasteiger partial charge on any atom is 0.291 e. The molecule has 19 heavy (non-hydrogen) atoms. The summed E-state index contributed by atoms with van der Waals surface area (Å²) in [5, 5.41) is 4.33. The van der Waals surface area contributed by atoms with Gasteiger partial charge in [0.15, 0.2) is 5.76 Å². The van der Waals surface area contributed by atoms with Gasteiger partial charge in [0.25, 0.3) is 11.8 Å².